The summed E-state index contributed by atoms with van der Waals surface area (Å²) in [5.41, 5.74) is 0.390. The second kappa shape index (κ2) is 10.2. The van der Waals surface area contributed by atoms with Crippen LogP contribution in [0.25, 0.3) is 0 Å². The van der Waals surface area contributed by atoms with Gasteiger partial charge >= 0.3 is 6.09 Å². The summed E-state index contributed by atoms with van der Waals surface area (Å²) < 4.78 is 32.5. The van der Waals surface area contributed by atoms with Crippen LogP contribution in [0, 0.1) is 0 Å². The SMILES string of the molecule is CCCC(NC(=O)Oc1cccs1)C(=O)N1CCC2C1C(=O)CN2S(=O)(=O)Cc1ccccn1. The van der Waals surface area contributed by atoms with Crippen LogP contribution in [-0.4, -0.2) is 71.6 Å². The van der Waals surface area contributed by atoms with Crippen molar-refractivity contribution in [1.29, 1.82) is 0 Å². The highest BCUT2D eigenvalue weighted by atomic mass is 32.2. The number of thiophene rings is 1. The van der Waals surface area contributed by atoms with Gasteiger partial charge in [0.1, 0.15) is 17.8 Å². The summed E-state index contributed by atoms with van der Waals surface area (Å²) in [7, 11) is -3.80. The first-order valence-electron chi connectivity index (χ1n) is 11.0. The number of sulfonamides is 1. The third-order valence-corrected chi connectivity index (χ3v) is 8.45. The van der Waals surface area contributed by atoms with Crippen molar-refractivity contribution in [2.45, 2.75) is 50.1 Å². The van der Waals surface area contributed by atoms with E-state index < -0.39 is 40.1 Å². The van der Waals surface area contributed by atoms with E-state index in [1.807, 2.05) is 6.92 Å². The Balaban J connectivity index is 1.46. The van der Waals surface area contributed by atoms with E-state index >= 15 is 0 Å². The van der Waals surface area contributed by atoms with E-state index in [-0.39, 0.29) is 24.6 Å². The van der Waals surface area contributed by atoms with Gasteiger partial charge in [-0.15, -0.1) is 11.3 Å². The molecule has 4 heterocycles. The first-order valence-corrected chi connectivity index (χ1v) is 13.5. The number of carbonyl (C=O) groups is 3. The van der Waals surface area contributed by atoms with Gasteiger partial charge in [0.2, 0.25) is 15.9 Å². The number of pyridine rings is 1. The van der Waals surface area contributed by atoms with E-state index in [2.05, 4.69) is 10.3 Å². The molecule has 2 aromatic heterocycles. The number of nitrogens with one attached hydrogen (secondary N) is 1. The molecule has 0 saturated carbocycles. The minimum absolute atomic E-state index is 0.234. The summed E-state index contributed by atoms with van der Waals surface area (Å²) in [4.78, 5) is 44.0. The number of likely N-dealkylation sites (tertiary alicyclic amines) is 1. The Bertz CT molecular complexity index is 1140. The van der Waals surface area contributed by atoms with Gasteiger partial charge in [0.25, 0.3) is 0 Å². The van der Waals surface area contributed by atoms with Crippen molar-refractivity contribution in [3.63, 3.8) is 0 Å². The molecule has 0 aromatic carbocycles. The first kappa shape index (κ1) is 24.3. The Labute approximate surface area is 202 Å². The molecular weight excluding hydrogens is 480 g/mol. The van der Waals surface area contributed by atoms with Crippen LogP contribution in [-0.2, 0) is 25.4 Å². The number of hydrogen-bond donors (Lipinski definition) is 1. The van der Waals surface area contributed by atoms with Crippen LogP contribution in [0.2, 0.25) is 0 Å². The van der Waals surface area contributed by atoms with Gasteiger partial charge in [-0.3, -0.25) is 14.6 Å². The molecule has 2 aliphatic rings. The summed E-state index contributed by atoms with van der Waals surface area (Å²) in [5.74, 6) is -1.04. The molecule has 12 heteroatoms. The average Bonchev–Trinajstić information content (AvgIpc) is 3.52. The highest BCUT2D eigenvalue weighted by Gasteiger charge is 2.54. The van der Waals surface area contributed by atoms with Crippen LogP contribution in [0.4, 0.5) is 4.79 Å². The molecule has 2 fully saturated rings. The molecule has 0 radical (unpaired) electrons. The fourth-order valence-corrected chi connectivity index (χ4v) is 6.71. The summed E-state index contributed by atoms with van der Waals surface area (Å²) in [6, 6.07) is 6.05. The van der Waals surface area contributed by atoms with Gasteiger partial charge in [-0.25, -0.2) is 13.2 Å². The topological polar surface area (TPSA) is 126 Å². The Hall–Kier alpha value is -2.83. The van der Waals surface area contributed by atoms with Crippen LogP contribution in [0.15, 0.2) is 41.9 Å². The fourth-order valence-electron chi connectivity index (χ4n) is 4.47. The Morgan fingerprint density at radius 2 is 2.12 bits per heavy atom. The average molecular weight is 507 g/mol. The van der Waals surface area contributed by atoms with Gasteiger partial charge in [-0.2, -0.15) is 4.31 Å². The number of amides is 2. The van der Waals surface area contributed by atoms with Crippen molar-refractivity contribution in [3.05, 3.63) is 47.6 Å². The molecule has 2 saturated heterocycles. The second-order valence-electron chi connectivity index (χ2n) is 8.23. The molecule has 1 N–H and O–H groups in total. The van der Waals surface area contributed by atoms with Crippen molar-refractivity contribution in [1.82, 2.24) is 19.5 Å². The minimum Gasteiger partial charge on any atom is -0.399 e. The molecule has 3 atom stereocenters. The number of carbonyl (C=O) groups excluding carboxylic acids is 3. The van der Waals surface area contributed by atoms with Crippen LogP contribution in [0.3, 0.4) is 0 Å². The molecule has 4 rings (SSSR count). The zero-order valence-electron chi connectivity index (χ0n) is 18.6. The summed E-state index contributed by atoms with van der Waals surface area (Å²) in [6.45, 7) is 1.84. The normalized spacial score (nSPS) is 21.3. The maximum Gasteiger partial charge on any atom is 0.414 e. The molecule has 2 aromatic rings. The molecule has 0 spiro atoms. The van der Waals surface area contributed by atoms with Gasteiger partial charge in [0.15, 0.2) is 10.8 Å². The molecule has 2 amide bonds. The Kier molecular flexibility index (Phi) is 7.29. The van der Waals surface area contributed by atoms with E-state index in [9.17, 15) is 22.8 Å². The third-order valence-electron chi connectivity index (χ3n) is 5.93. The lowest BCUT2D eigenvalue weighted by Gasteiger charge is -2.28. The fraction of sp³-hybridized carbons (Fsp3) is 0.455. The monoisotopic (exact) mass is 506 g/mol. The first-order chi connectivity index (χ1) is 16.3. The molecule has 0 bridgehead atoms. The zero-order valence-corrected chi connectivity index (χ0v) is 20.3. The highest BCUT2D eigenvalue weighted by Crippen LogP contribution is 2.33. The second-order valence-corrected chi connectivity index (χ2v) is 11.1. The maximum atomic E-state index is 13.3. The lowest BCUT2D eigenvalue weighted by Crippen LogP contribution is -2.53. The van der Waals surface area contributed by atoms with E-state index in [1.54, 1.807) is 35.7 Å². The minimum atomic E-state index is -3.80. The Morgan fingerprint density at radius 1 is 1.29 bits per heavy atom. The van der Waals surface area contributed by atoms with Crippen LogP contribution >= 0.6 is 11.3 Å². The van der Waals surface area contributed by atoms with Gasteiger partial charge in [-0.1, -0.05) is 19.4 Å². The molecule has 3 unspecified atom stereocenters. The quantitative estimate of drug-likeness (QED) is 0.578. The number of aromatic nitrogens is 1. The molecule has 182 valence electrons. The molecular formula is C22H26N4O6S2. The summed E-state index contributed by atoms with van der Waals surface area (Å²) in [6.07, 6.45) is 2.10. The number of ketones is 1. The van der Waals surface area contributed by atoms with E-state index in [1.165, 1.54) is 26.7 Å². The molecule has 10 nitrogen and oxygen atoms in total. The van der Waals surface area contributed by atoms with Crippen molar-refractivity contribution in [2.75, 3.05) is 13.1 Å². The van der Waals surface area contributed by atoms with Gasteiger partial charge in [0.05, 0.1) is 18.3 Å². The van der Waals surface area contributed by atoms with E-state index in [0.717, 1.165) is 0 Å². The molecule has 2 aliphatic heterocycles. The zero-order chi connectivity index (χ0) is 24.3. The van der Waals surface area contributed by atoms with Crippen LogP contribution < -0.4 is 10.1 Å². The largest absolute Gasteiger partial charge is 0.414 e. The number of nitrogens with zero attached hydrogens (tertiary/aromatic N) is 3. The molecule has 34 heavy (non-hydrogen) atoms. The maximum absolute atomic E-state index is 13.3. The number of rotatable bonds is 8. The van der Waals surface area contributed by atoms with Crippen molar-refractivity contribution < 1.29 is 27.5 Å². The number of hydrogen-bond acceptors (Lipinski definition) is 8. The Morgan fingerprint density at radius 3 is 2.79 bits per heavy atom. The van der Waals surface area contributed by atoms with Gasteiger partial charge < -0.3 is 15.0 Å². The summed E-state index contributed by atoms with van der Waals surface area (Å²) in [5, 5.41) is 4.77. The van der Waals surface area contributed by atoms with E-state index in [0.29, 0.717) is 30.0 Å². The van der Waals surface area contributed by atoms with Crippen LogP contribution in [0.5, 0.6) is 5.06 Å². The number of fused-ring (bicyclic) bond motifs is 1. The smallest absolute Gasteiger partial charge is 0.399 e. The predicted octanol–water partition coefficient (Wildman–Crippen LogP) is 1.78. The van der Waals surface area contributed by atoms with E-state index in [4.69, 9.17) is 4.74 Å². The van der Waals surface area contributed by atoms with Gasteiger partial charge in [0, 0.05) is 12.7 Å². The number of Topliss-reactive ketones (excluding diaryl/α,β-unsaturated/α-hetero) is 1. The molecule has 0 aliphatic carbocycles. The standard InChI is InChI=1S/C22H26N4O6S2/c1-2-6-16(24-22(29)32-19-8-5-12-33-19)21(28)25-11-9-17-20(25)18(27)13-26(17)34(30,31)14-15-7-3-4-10-23-15/h3-5,7-8,10,12,16-17,20H,2,6,9,11,13-14H2,1H3,(H,24,29). The predicted molar refractivity (Wildman–Crippen MR) is 125 cm³/mol. The van der Waals surface area contributed by atoms with Gasteiger partial charge in [-0.05, 0) is 42.5 Å². The third kappa shape index (κ3) is 5.13. The van der Waals surface area contributed by atoms with Crippen LogP contribution in [0.1, 0.15) is 31.9 Å². The van der Waals surface area contributed by atoms with Crippen molar-refractivity contribution in [3.8, 4) is 5.06 Å². The van der Waals surface area contributed by atoms with Crippen molar-refractivity contribution in [2.24, 2.45) is 0 Å². The summed E-state index contributed by atoms with van der Waals surface area (Å²) >= 11 is 1.25. The highest BCUT2D eigenvalue weighted by molar-refractivity contribution is 7.88. The van der Waals surface area contributed by atoms with Crippen molar-refractivity contribution >= 4 is 39.1 Å². The lowest BCUT2D eigenvalue weighted by atomic mass is 10.1. The number of ether oxygens (including phenoxy) is 1. The lowest BCUT2D eigenvalue weighted by molar-refractivity contribution is -0.138.